The van der Waals surface area contributed by atoms with Crippen LogP contribution in [0.4, 0.5) is 0 Å². The summed E-state index contributed by atoms with van der Waals surface area (Å²) in [4.78, 5) is 17.8. The molecule has 0 saturated carbocycles. The van der Waals surface area contributed by atoms with E-state index in [4.69, 9.17) is 9.47 Å². The molecule has 0 fully saturated rings. The van der Waals surface area contributed by atoms with Crippen LogP contribution in [0.5, 0.6) is 11.5 Å². The Morgan fingerprint density at radius 1 is 1.18 bits per heavy atom. The molecule has 0 saturated heterocycles. The first kappa shape index (κ1) is 17.9. The molecule has 0 N–H and O–H groups in total. The van der Waals surface area contributed by atoms with E-state index in [1.54, 1.807) is 19.3 Å². The summed E-state index contributed by atoms with van der Waals surface area (Å²) in [7, 11) is 1.60. The average Bonchev–Trinajstić information content (AvgIpc) is 3.27. The van der Waals surface area contributed by atoms with Crippen LogP contribution in [0, 0.1) is 0 Å². The van der Waals surface area contributed by atoms with Gasteiger partial charge in [-0.1, -0.05) is 42.2 Å². The first-order valence-corrected chi connectivity index (χ1v) is 9.39. The van der Waals surface area contributed by atoms with Crippen LogP contribution in [0.15, 0.2) is 66.0 Å². The van der Waals surface area contributed by atoms with Gasteiger partial charge in [-0.2, -0.15) is 9.50 Å². The summed E-state index contributed by atoms with van der Waals surface area (Å²) in [6.07, 6.45) is 3.49. The number of hydrogen-bond donors (Lipinski definition) is 0. The minimum absolute atomic E-state index is 0.199. The number of rotatable bonds is 6. The van der Waals surface area contributed by atoms with Crippen molar-refractivity contribution in [2.75, 3.05) is 13.7 Å². The number of benzene rings is 2. The normalized spacial score (nSPS) is 11.7. The van der Waals surface area contributed by atoms with Gasteiger partial charge in [-0.3, -0.25) is 4.79 Å². The van der Waals surface area contributed by atoms with Crippen LogP contribution < -0.4 is 19.6 Å². The summed E-state index contributed by atoms with van der Waals surface area (Å²) in [6, 6.07) is 14.9. The maximum Gasteiger partial charge on any atom is 0.291 e. The van der Waals surface area contributed by atoms with Crippen LogP contribution in [0.2, 0.25) is 0 Å². The third kappa shape index (κ3) is 3.39. The van der Waals surface area contributed by atoms with E-state index in [1.807, 2.05) is 48.5 Å². The Balaban J connectivity index is 1.69. The lowest BCUT2D eigenvalue weighted by molar-refractivity contribution is 0.363. The van der Waals surface area contributed by atoms with Crippen molar-refractivity contribution >= 4 is 22.4 Å². The van der Waals surface area contributed by atoms with Gasteiger partial charge in [0.1, 0.15) is 18.1 Å². The summed E-state index contributed by atoms with van der Waals surface area (Å²) in [6.45, 7) is 4.07. The lowest BCUT2D eigenvalue weighted by Gasteiger charge is -2.02. The molecule has 2 aromatic heterocycles. The highest BCUT2D eigenvalue weighted by Crippen LogP contribution is 2.21. The van der Waals surface area contributed by atoms with E-state index in [1.165, 1.54) is 15.9 Å². The summed E-state index contributed by atoms with van der Waals surface area (Å²) >= 11 is 1.30. The molecule has 4 rings (SSSR count). The molecule has 140 valence electrons. The summed E-state index contributed by atoms with van der Waals surface area (Å²) < 4.78 is 12.7. The van der Waals surface area contributed by atoms with Crippen LogP contribution in [0.25, 0.3) is 22.4 Å². The Hall–Kier alpha value is -3.45. The molecule has 7 heteroatoms. The van der Waals surface area contributed by atoms with Gasteiger partial charge >= 0.3 is 0 Å². The Morgan fingerprint density at radius 3 is 2.68 bits per heavy atom. The second kappa shape index (κ2) is 7.66. The number of ether oxygens (including phenoxy) is 2. The fourth-order valence-electron chi connectivity index (χ4n) is 2.74. The first-order chi connectivity index (χ1) is 13.7. The predicted molar refractivity (Wildman–Crippen MR) is 110 cm³/mol. The molecule has 0 amide bonds. The summed E-state index contributed by atoms with van der Waals surface area (Å²) in [5.74, 6) is 1.95. The molecule has 2 aromatic carbocycles. The van der Waals surface area contributed by atoms with Crippen molar-refractivity contribution < 1.29 is 9.47 Å². The van der Waals surface area contributed by atoms with Crippen molar-refractivity contribution in [3.8, 4) is 22.9 Å². The minimum Gasteiger partial charge on any atom is -0.496 e. The van der Waals surface area contributed by atoms with Crippen molar-refractivity contribution in [1.82, 2.24) is 14.6 Å². The molecule has 0 aliphatic heterocycles. The van der Waals surface area contributed by atoms with E-state index in [2.05, 4.69) is 16.7 Å². The molecule has 0 spiro atoms. The maximum atomic E-state index is 12.7. The minimum atomic E-state index is -0.199. The van der Waals surface area contributed by atoms with Crippen molar-refractivity contribution in [1.29, 1.82) is 0 Å². The first-order valence-electron chi connectivity index (χ1n) is 8.58. The molecule has 28 heavy (non-hydrogen) atoms. The number of thiazole rings is 1. The van der Waals surface area contributed by atoms with Crippen LogP contribution in [-0.4, -0.2) is 28.3 Å². The van der Waals surface area contributed by atoms with Gasteiger partial charge in [-0.05, 0) is 36.4 Å². The van der Waals surface area contributed by atoms with E-state index >= 15 is 0 Å². The second-order valence-electron chi connectivity index (χ2n) is 5.91. The zero-order valence-corrected chi connectivity index (χ0v) is 16.0. The number of para-hydroxylation sites is 1. The molecule has 2 heterocycles. The Labute approximate surface area is 165 Å². The topological polar surface area (TPSA) is 65.7 Å². The molecule has 0 aliphatic rings. The van der Waals surface area contributed by atoms with Gasteiger partial charge in [0.05, 0.1) is 11.6 Å². The van der Waals surface area contributed by atoms with Gasteiger partial charge in [-0.25, -0.2) is 0 Å². The van der Waals surface area contributed by atoms with Gasteiger partial charge in [0, 0.05) is 11.1 Å². The fourth-order valence-corrected chi connectivity index (χ4v) is 3.64. The molecule has 0 atom stereocenters. The van der Waals surface area contributed by atoms with Crippen molar-refractivity contribution in [3.63, 3.8) is 0 Å². The number of fused-ring (bicyclic) bond motifs is 1. The Kier molecular flexibility index (Phi) is 4.90. The predicted octanol–water partition coefficient (Wildman–Crippen LogP) is 2.94. The Morgan fingerprint density at radius 2 is 1.96 bits per heavy atom. The highest BCUT2D eigenvalue weighted by molar-refractivity contribution is 7.15. The molecular weight excluding hydrogens is 374 g/mol. The number of hydrogen-bond acceptors (Lipinski definition) is 6. The zero-order chi connectivity index (χ0) is 19.5. The molecule has 0 unspecified atom stereocenters. The average molecular weight is 391 g/mol. The highest BCUT2D eigenvalue weighted by atomic mass is 32.1. The molecule has 0 radical (unpaired) electrons. The van der Waals surface area contributed by atoms with Gasteiger partial charge in [0.2, 0.25) is 4.96 Å². The molecule has 0 bridgehead atoms. The van der Waals surface area contributed by atoms with Crippen molar-refractivity contribution in [3.05, 3.63) is 81.6 Å². The third-order valence-electron chi connectivity index (χ3n) is 4.09. The van der Waals surface area contributed by atoms with E-state index in [9.17, 15) is 4.79 Å². The highest BCUT2D eigenvalue weighted by Gasteiger charge is 2.12. The standard InChI is InChI=1S/C21H17N3O3S/c1-3-12-27-16-10-8-14(9-11-16)19-22-21-24(23-19)20(25)18(28-21)13-15-6-4-5-7-17(15)26-2/h3-11,13H,1,12H2,2H3. The summed E-state index contributed by atoms with van der Waals surface area (Å²) in [5, 5.41) is 4.37. The van der Waals surface area contributed by atoms with Crippen LogP contribution in [0.1, 0.15) is 5.56 Å². The van der Waals surface area contributed by atoms with Crippen molar-refractivity contribution in [2.24, 2.45) is 0 Å². The number of aromatic nitrogens is 3. The quantitative estimate of drug-likeness (QED) is 0.473. The van der Waals surface area contributed by atoms with Crippen LogP contribution in [0.3, 0.4) is 0 Å². The van der Waals surface area contributed by atoms with E-state index < -0.39 is 0 Å². The van der Waals surface area contributed by atoms with Crippen LogP contribution in [-0.2, 0) is 0 Å². The smallest absolute Gasteiger partial charge is 0.291 e. The van der Waals surface area contributed by atoms with Gasteiger partial charge in [0.25, 0.3) is 5.56 Å². The lowest BCUT2D eigenvalue weighted by Crippen LogP contribution is -2.23. The second-order valence-corrected chi connectivity index (χ2v) is 6.92. The maximum absolute atomic E-state index is 12.7. The third-order valence-corrected chi connectivity index (χ3v) is 5.05. The molecule has 4 aromatic rings. The van der Waals surface area contributed by atoms with E-state index in [0.717, 1.165) is 16.9 Å². The lowest BCUT2D eigenvalue weighted by atomic mass is 10.2. The van der Waals surface area contributed by atoms with E-state index in [-0.39, 0.29) is 5.56 Å². The van der Waals surface area contributed by atoms with Gasteiger partial charge in [0.15, 0.2) is 5.82 Å². The molecule has 6 nitrogen and oxygen atoms in total. The Bertz CT molecular complexity index is 1240. The van der Waals surface area contributed by atoms with Gasteiger partial charge < -0.3 is 9.47 Å². The summed E-state index contributed by atoms with van der Waals surface area (Å²) in [5.41, 5.74) is 1.45. The van der Waals surface area contributed by atoms with Crippen molar-refractivity contribution in [2.45, 2.75) is 0 Å². The van der Waals surface area contributed by atoms with Crippen LogP contribution >= 0.6 is 11.3 Å². The zero-order valence-electron chi connectivity index (χ0n) is 15.2. The number of nitrogens with zero attached hydrogens (tertiary/aromatic N) is 3. The fraction of sp³-hybridized carbons (Fsp3) is 0.0952. The molecule has 0 aliphatic carbocycles. The SMILES string of the molecule is C=CCOc1ccc(-c2nc3sc(=Cc4ccccc4OC)c(=O)n3n2)cc1. The molecular formula is C21H17N3O3S. The van der Waals surface area contributed by atoms with E-state index in [0.29, 0.717) is 27.7 Å². The van der Waals surface area contributed by atoms with Gasteiger partial charge in [-0.15, -0.1) is 5.10 Å². The largest absolute Gasteiger partial charge is 0.496 e. The number of methoxy groups -OCH3 is 1. The monoisotopic (exact) mass is 391 g/mol.